The first-order valence-corrected chi connectivity index (χ1v) is 12.8. The van der Waals surface area contributed by atoms with E-state index < -0.39 is 33.5 Å². The van der Waals surface area contributed by atoms with E-state index in [0.29, 0.717) is 17.0 Å². The number of phenolic OH excluding ortho intramolecular Hbond substituents is 1. The molecule has 0 heterocycles. The van der Waals surface area contributed by atoms with Crippen LogP contribution in [0.2, 0.25) is 0 Å². The Morgan fingerprint density at radius 2 is 1.71 bits per heavy atom. The second kappa shape index (κ2) is 9.59. The van der Waals surface area contributed by atoms with E-state index in [1.54, 1.807) is 12.1 Å². The van der Waals surface area contributed by atoms with Crippen molar-refractivity contribution in [1.29, 1.82) is 0 Å². The molecule has 1 aliphatic rings. The molecule has 3 aromatic carbocycles. The third kappa shape index (κ3) is 5.25. The van der Waals surface area contributed by atoms with E-state index in [0.717, 1.165) is 46.6 Å². The van der Waals surface area contributed by atoms with Crippen LogP contribution in [-0.2, 0) is 32.5 Å². The van der Waals surface area contributed by atoms with Gasteiger partial charge >= 0.3 is 11.9 Å². The van der Waals surface area contributed by atoms with E-state index in [1.807, 2.05) is 6.92 Å². The second-order valence-corrected chi connectivity index (χ2v) is 10.7. The molecule has 3 aromatic rings. The van der Waals surface area contributed by atoms with Crippen molar-refractivity contribution in [3.63, 3.8) is 0 Å². The highest BCUT2D eigenvalue weighted by molar-refractivity contribution is 7.99. The molecule has 35 heavy (non-hydrogen) atoms. The van der Waals surface area contributed by atoms with Gasteiger partial charge in [0.2, 0.25) is 0 Å². The molecule has 0 atom stereocenters. The molecule has 0 bridgehead atoms. The summed E-state index contributed by atoms with van der Waals surface area (Å²) in [6, 6.07) is 10.7. The van der Waals surface area contributed by atoms with Gasteiger partial charge in [0.05, 0.1) is 0 Å². The number of phenols is 1. The molecular weight excluding hydrogens is 495 g/mol. The summed E-state index contributed by atoms with van der Waals surface area (Å²) in [6.07, 6.45) is 2.24. The Morgan fingerprint density at radius 1 is 1.03 bits per heavy atom. The Balaban J connectivity index is 1.66. The van der Waals surface area contributed by atoms with Gasteiger partial charge in [-0.1, -0.05) is 11.8 Å². The summed E-state index contributed by atoms with van der Waals surface area (Å²) < 4.78 is 41.3. The number of carbonyl (C=O) groups is 2. The number of carboxylic acid groups (broad SMARTS) is 1. The van der Waals surface area contributed by atoms with Crippen LogP contribution in [0.5, 0.6) is 5.75 Å². The summed E-state index contributed by atoms with van der Waals surface area (Å²) in [7, 11) is -4.16. The lowest BCUT2D eigenvalue weighted by molar-refractivity contribution is -0.147. The van der Waals surface area contributed by atoms with Gasteiger partial charge < -0.3 is 15.5 Å². The number of anilines is 2. The minimum absolute atomic E-state index is 0.150. The lowest BCUT2D eigenvalue weighted by Gasteiger charge is -2.17. The summed E-state index contributed by atoms with van der Waals surface area (Å²) >= 11 is 1.32. The Labute approximate surface area is 205 Å². The number of carboxylic acids is 1. The maximum Gasteiger partial charge on any atom is 0.394 e. The number of sulfonamides is 1. The van der Waals surface area contributed by atoms with E-state index >= 15 is 0 Å². The highest BCUT2D eigenvalue weighted by Gasteiger charge is 2.25. The maximum atomic E-state index is 13.1. The average molecular weight is 517 g/mol. The molecule has 0 saturated heterocycles. The topological polar surface area (TPSA) is 133 Å². The first-order valence-electron chi connectivity index (χ1n) is 10.5. The summed E-state index contributed by atoms with van der Waals surface area (Å²) in [5.74, 6) is -3.62. The van der Waals surface area contributed by atoms with Crippen molar-refractivity contribution in [2.75, 3.05) is 10.0 Å². The number of aliphatic carboxylic acids is 1. The Bertz CT molecular complexity index is 1440. The Kier molecular flexibility index (Phi) is 6.73. The molecule has 1 amide bonds. The third-order valence-corrected chi connectivity index (χ3v) is 8.19. The van der Waals surface area contributed by atoms with E-state index in [2.05, 4.69) is 10.0 Å². The molecule has 0 unspecified atom stereocenters. The molecule has 0 aromatic heterocycles. The number of rotatable bonds is 6. The van der Waals surface area contributed by atoms with Crippen LogP contribution in [0.25, 0.3) is 0 Å². The first-order chi connectivity index (χ1) is 16.5. The number of aryl methyl sites for hydroxylation is 1. The van der Waals surface area contributed by atoms with Crippen LogP contribution in [-0.4, -0.2) is 30.5 Å². The fourth-order valence-electron chi connectivity index (χ4n) is 3.95. The van der Waals surface area contributed by atoms with E-state index in [9.17, 15) is 27.5 Å². The molecule has 4 rings (SSSR count). The fraction of sp³-hybridized carbons (Fsp3) is 0.167. The number of carbonyl (C=O) groups excluding carboxylic acids is 1. The van der Waals surface area contributed by atoms with Crippen LogP contribution in [0.15, 0.2) is 63.2 Å². The highest BCUT2D eigenvalue weighted by atomic mass is 32.2. The van der Waals surface area contributed by atoms with Crippen LogP contribution in [0.1, 0.15) is 23.1 Å². The van der Waals surface area contributed by atoms with E-state index in [1.165, 1.54) is 36.0 Å². The molecule has 0 saturated carbocycles. The smallest absolute Gasteiger partial charge is 0.394 e. The molecule has 182 valence electrons. The monoisotopic (exact) mass is 516 g/mol. The third-order valence-electron chi connectivity index (χ3n) is 5.52. The number of nitrogens with one attached hydrogen (secondary N) is 2. The van der Waals surface area contributed by atoms with E-state index in [4.69, 9.17) is 5.11 Å². The minimum atomic E-state index is -4.16. The summed E-state index contributed by atoms with van der Waals surface area (Å²) in [5.41, 5.74) is 3.23. The van der Waals surface area contributed by atoms with Gasteiger partial charge in [0.1, 0.15) is 16.5 Å². The molecule has 11 heteroatoms. The fourth-order valence-corrected chi connectivity index (χ4v) is 6.32. The number of fused-ring (bicyclic) bond motifs is 1. The lowest BCUT2D eigenvalue weighted by Crippen LogP contribution is -2.22. The summed E-state index contributed by atoms with van der Waals surface area (Å²) in [6.45, 7) is 1.82. The summed E-state index contributed by atoms with van der Waals surface area (Å²) in [5, 5.41) is 21.6. The van der Waals surface area contributed by atoms with Crippen LogP contribution in [0, 0.1) is 12.7 Å². The van der Waals surface area contributed by atoms with Gasteiger partial charge in [-0.2, -0.15) is 0 Å². The number of aromatic hydroxyl groups is 1. The van der Waals surface area contributed by atoms with Crippen molar-refractivity contribution < 1.29 is 32.6 Å². The first kappa shape index (κ1) is 24.6. The Hall–Kier alpha value is -3.57. The van der Waals surface area contributed by atoms with Crippen molar-refractivity contribution in [1.82, 2.24) is 0 Å². The molecule has 1 aliphatic carbocycles. The van der Waals surface area contributed by atoms with Crippen LogP contribution in [0.3, 0.4) is 0 Å². The quantitative estimate of drug-likeness (QED) is 0.359. The molecule has 4 N–H and O–H groups in total. The average Bonchev–Trinajstić information content (AvgIpc) is 3.29. The molecule has 0 spiro atoms. The molecular formula is C24H21FN2O6S2. The Morgan fingerprint density at radius 3 is 2.40 bits per heavy atom. The van der Waals surface area contributed by atoms with Gasteiger partial charge in [-0.3, -0.25) is 9.52 Å². The number of amides is 1. The van der Waals surface area contributed by atoms with Crippen molar-refractivity contribution in [2.45, 2.75) is 40.9 Å². The maximum absolute atomic E-state index is 13.1. The highest BCUT2D eigenvalue weighted by Crippen LogP contribution is 2.43. The summed E-state index contributed by atoms with van der Waals surface area (Å²) in [4.78, 5) is 23.8. The second-order valence-electron chi connectivity index (χ2n) is 7.98. The van der Waals surface area contributed by atoms with Gasteiger partial charge in [0, 0.05) is 21.2 Å². The predicted molar refractivity (Wildman–Crippen MR) is 129 cm³/mol. The van der Waals surface area contributed by atoms with Crippen LogP contribution < -0.4 is 10.0 Å². The predicted octanol–water partition coefficient (Wildman–Crippen LogP) is 4.30. The van der Waals surface area contributed by atoms with Crippen molar-refractivity contribution >= 4 is 45.0 Å². The molecule has 0 radical (unpaired) electrons. The SMILES string of the molecule is Cc1cc(NC(=O)C(=O)O)c2c(c1Sc1ccc(O)c(S(=O)(=O)Nc3ccc(F)cc3)c1)CCC2. The molecule has 0 fully saturated rings. The van der Waals surface area contributed by atoms with Crippen molar-refractivity contribution in [3.05, 3.63) is 71.0 Å². The van der Waals surface area contributed by atoms with Crippen molar-refractivity contribution in [3.8, 4) is 5.75 Å². The van der Waals surface area contributed by atoms with Gasteiger partial charge in [0.15, 0.2) is 0 Å². The van der Waals surface area contributed by atoms with Gasteiger partial charge in [0.25, 0.3) is 10.0 Å². The number of halogens is 1. The zero-order valence-corrected chi connectivity index (χ0v) is 20.1. The number of hydrogen-bond acceptors (Lipinski definition) is 6. The minimum Gasteiger partial charge on any atom is -0.507 e. The number of hydrogen-bond donors (Lipinski definition) is 4. The van der Waals surface area contributed by atoms with Gasteiger partial charge in [-0.25, -0.2) is 17.6 Å². The largest absolute Gasteiger partial charge is 0.507 e. The lowest BCUT2D eigenvalue weighted by atomic mass is 10.0. The van der Waals surface area contributed by atoms with Crippen LogP contribution in [0.4, 0.5) is 15.8 Å². The molecule has 0 aliphatic heterocycles. The zero-order valence-electron chi connectivity index (χ0n) is 18.5. The number of benzene rings is 3. The zero-order chi connectivity index (χ0) is 25.3. The van der Waals surface area contributed by atoms with Gasteiger partial charge in [-0.05, 0) is 91.4 Å². The molecule has 8 nitrogen and oxygen atoms in total. The van der Waals surface area contributed by atoms with Gasteiger partial charge in [-0.15, -0.1) is 0 Å². The van der Waals surface area contributed by atoms with Crippen LogP contribution >= 0.6 is 11.8 Å². The van der Waals surface area contributed by atoms with Crippen molar-refractivity contribution in [2.24, 2.45) is 0 Å². The normalized spacial score (nSPS) is 12.7. The van der Waals surface area contributed by atoms with E-state index in [-0.39, 0.29) is 10.6 Å². The standard InChI is InChI=1S/C24H21FN2O6S2/c1-13-11-19(26-23(29)24(30)31)17-3-2-4-18(17)22(13)34-16-9-10-20(28)21(12-16)35(32,33)27-15-7-5-14(25)6-8-15/h5-12,27-28H,2-4H2,1H3,(H,26,29)(H,30,31).